The number of hydrogen-bond donors (Lipinski definition) is 4. The van der Waals surface area contributed by atoms with Gasteiger partial charge in [0.15, 0.2) is 0 Å². The summed E-state index contributed by atoms with van der Waals surface area (Å²) in [6.07, 6.45) is -4.66. The molecule has 182 valence electrons. The number of fused-ring (bicyclic) bond motifs is 1. The molecule has 1 aromatic carbocycles. The molecule has 1 fully saturated rings. The monoisotopic (exact) mass is 467 g/mol. The molecule has 4 atom stereocenters. The van der Waals surface area contributed by atoms with E-state index in [1.54, 1.807) is 20.8 Å². The molecule has 0 radical (unpaired) electrons. The van der Waals surface area contributed by atoms with E-state index in [-0.39, 0.29) is 47.0 Å². The Hall–Kier alpha value is -2.70. The van der Waals surface area contributed by atoms with E-state index in [9.17, 15) is 20.1 Å². The molecule has 1 aromatic heterocycles. The van der Waals surface area contributed by atoms with Crippen molar-refractivity contribution in [2.24, 2.45) is 5.16 Å². The van der Waals surface area contributed by atoms with Crippen LogP contribution in [0, 0.1) is 6.92 Å². The van der Waals surface area contributed by atoms with Crippen LogP contribution in [0.1, 0.15) is 31.9 Å². The van der Waals surface area contributed by atoms with Gasteiger partial charge in [-0.15, -0.1) is 0 Å². The van der Waals surface area contributed by atoms with Crippen molar-refractivity contribution >= 4 is 16.7 Å². The predicted octanol–water partition coefficient (Wildman–Crippen LogP) is 0.790. The van der Waals surface area contributed by atoms with Gasteiger partial charge in [-0.3, -0.25) is 0 Å². The molecule has 11 nitrogen and oxygen atoms in total. The summed E-state index contributed by atoms with van der Waals surface area (Å²) >= 11 is 0. The van der Waals surface area contributed by atoms with E-state index in [4.69, 9.17) is 28.6 Å². The van der Waals surface area contributed by atoms with Crippen LogP contribution in [0.4, 0.5) is 0 Å². The molecule has 4 N–H and O–H groups in total. The van der Waals surface area contributed by atoms with E-state index in [0.29, 0.717) is 5.56 Å². The minimum Gasteiger partial charge on any atom is -0.506 e. The number of nitrogens with zero attached hydrogens (tertiary/aromatic N) is 1. The summed E-state index contributed by atoms with van der Waals surface area (Å²) in [7, 11) is 1.41. The van der Waals surface area contributed by atoms with Crippen LogP contribution in [-0.2, 0) is 14.3 Å². The summed E-state index contributed by atoms with van der Waals surface area (Å²) in [5, 5.41) is 44.3. The Balaban J connectivity index is 1.97. The number of rotatable bonds is 7. The van der Waals surface area contributed by atoms with Crippen LogP contribution in [0.25, 0.3) is 11.0 Å². The Morgan fingerprint density at radius 3 is 2.58 bits per heavy atom. The maximum Gasteiger partial charge on any atom is 0.349 e. The van der Waals surface area contributed by atoms with Gasteiger partial charge in [0.25, 0.3) is 0 Å². The summed E-state index contributed by atoms with van der Waals surface area (Å²) in [5.74, 6) is -0.129. The minimum atomic E-state index is -1.40. The topological polar surface area (TPSA) is 160 Å². The Labute approximate surface area is 189 Å². The Morgan fingerprint density at radius 1 is 1.24 bits per heavy atom. The normalized spacial score (nSPS) is 25.3. The molecular weight excluding hydrogens is 438 g/mol. The lowest BCUT2D eigenvalue weighted by Crippen LogP contribution is -2.63. The molecule has 0 bridgehead atoms. The van der Waals surface area contributed by atoms with Gasteiger partial charge in [0.1, 0.15) is 47.6 Å². The second-order valence-corrected chi connectivity index (χ2v) is 8.26. The molecule has 1 aliphatic rings. The number of aromatic hydroxyl groups is 1. The lowest BCUT2D eigenvalue weighted by molar-refractivity contribution is -0.306. The van der Waals surface area contributed by atoms with Crippen LogP contribution in [0.3, 0.4) is 0 Å². The highest BCUT2D eigenvalue weighted by Gasteiger charge is 2.50. The van der Waals surface area contributed by atoms with Gasteiger partial charge in [0.2, 0.25) is 6.29 Å². The predicted molar refractivity (Wildman–Crippen MR) is 117 cm³/mol. The zero-order chi connectivity index (χ0) is 24.5. The number of aryl methyl sites for hydroxylation is 1. The molecule has 0 unspecified atom stereocenters. The summed E-state index contributed by atoms with van der Waals surface area (Å²) in [6.45, 7) is 6.15. The maximum atomic E-state index is 12.6. The van der Waals surface area contributed by atoms with Crippen molar-refractivity contribution in [1.82, 2.24) is 0 Å². The highest BCUT2D eigenvalue weighted by Crippen LogP contribution is 2.36. The van der Waals surface area contributed by atoms with Crippen LogP contribution in [-0.4, -0.2) is 76.7 Å². The molecule has 0 spiro atoms. The molecule has 2 heterocycles. The van der Waals surface area contributed by atoms with Crippen LogP contribution < -0.4 is 10.4 Å². The van der Waals surface area contributed by atoms with Gasteiger partial charge in [0.05, 0.1) is 23.3 Å². The highest BCUT2D eigenvalue weighted by atomic mass is 16.7. The van der Waals surface area contributed by atoms with Crippen molar-refractivity contribution in [3.8, 4) is 11.5 Å². The molecule has 11 heteroatoms. The van der Waals surface area contributed by atoms with Crippen molar-refractivity contribution in [2.45, 2.75) is 57.9 Å². The third-order valence-electron chi connectivity index (χ3n) is 5.53. The lowest BCUT2D eigenvalue weighted by Gasteiger charge is -2.46. The molecule has 1 aliphatic heterocycles. The van der Waals surface area contributed by atoms with E-state index in [1.807, 2.05) is 0 Å². The number of methoxy groups -OCH3 is 1. The number of aliphatic hydroxyl groups excluding tert-OH is 3. The van der Waals surface area contributed by atoms with Crippen molar-refractivity contribution in [3.63, 3.8) is 0 Å². The standard InChI is InChI=1S/C22H29NO10/c1-10-13(31-21-17(27)16(26)19(29-5)22(3,4)33-21)7-6-12-15(25)14(20(28)32-18(10)12)11(2)23-30-9-8-24/h6-7,16-17,19,21,24-27H,8-9H2,1-5H3/t16-,17+,19+,21+/m0/s1. The SMILES string of the molecule is CO[C@@H]1[C@@H](O)[C@@H](O)[C@H](Oc2ccc3c(O)c(C(C)=NOCCO)c(=O)oc3c2C)OC1(C)C. The van der Waals surface area contributed by atoms with E-state index >= 15 is 0 Å². The third-order valence-corrected chi connectivity index (χ3v) is 5.53. The third kappa shape index (κ3) is 4.68. The maximum absolute atomic E-state index is 12.6. The largest absolute Gasteiger partial charge is 0.506 e. The first-order chi connectivity index (χ1) is 15.5. The Bertz CT molecular complexity index is 1090. The molecule has 0 amide bonds. The number of hydrogen-bond acceptors (Lipinski definition) is 11. The van der Waals surface area contributed by atoms with Gasteiger partial charge in [-0.05, 0) is 39.8 Å². The first kappa shape index (κ1) is 24.9. The van der Waals surface area contributed by atoms with Gasteiger partial charge in [-0.25, -0.2) is 4.79 Å². The van der Waals surface area contributed by atoms with Gasteiger partial charge in [-0.2, -0.15) is 0 Å². The van der Waals surface area contributed by atoms with E-state index in [2.05, 4.69) is 5.16 Å². The van der Waals surface area contributed by atoms with E-state index < -0.39 is 35.8 Å². The summed E-state index contributed by atoms with van der Waals surface area (Å²) in [6, 6.07) is 3.00. The first-order valence-corrected chi connectivity index (χ1v) is 10.3. The molecule has 0 aliphatic carbocycles. The second-order valence-electron chi connectivity index (χ2n) is 8.26. The average molecular weight is 467 g/mol. The number of benzene rings is 1. The van der Waals surface area contributed by atoms with Gasteiger partial charge >= 0.3 is 5.63 Å². The quantitative estimate of drug-likeness (QED) is 0.198. The average Bonchev–Trinajstić information content (AvgIpc) is 2.74. The van der Waals surface area contributed by atoms with Crippen LogP contribution in [0.15, 0.2) is 26.5 Å². The van der Waals surface area contributed by atoms with Crippen molar-refractivity contribution in [3.05, 3.63) is 33.7 Å². The number of ether oxygens (including phenoxy) is 3. The van der Waals surface area contributed by atoms with Gasteiger partial charge in [-0.1, -0.05) is 5.16 Å². The summed E-state index contributed by atoms with van der Waals surface area (Å²) in [5.41, 5.74) is -1.45. The zero-order valence-corrected chi connectivity index (χ0v) is 19.1. The number of oxime groups is 1. The smallest absolute Gasteiger partial charge is 0.349 e. The molecular formula is C22H29NO10. The van der Waals surface area contributed by atoms with E-state index in [1.165, 1.54) is 26.2 Å². The fourth-order valence-electron chi connectivity index (χ4n) is 3.87. The Kier molecular flexibility index (Phi) is 7.29. The molecule has 3 rings (SSSR count). The van der Waals surface area contributed by atoms with Crippen molar-refractivity contribution in [1.29, 1.82) is 0 Å². The van der Waals surface area contributed by atoms with Crippen LogP contribution >= 0.6 is 0 Å². The molecule has 0 saturated carbocycles. The highest BCUT2D eigenvalue weighted by molar-refractivity contribution is 6.04. The van der Waals surface area contributed by atoms with Crippen LogP contribution in [0.2, 0.25) is 0 Å². The fraction of sp³-hybridized carbons (Fsp3) is 0.545. The van der Waals surface area contributed by atoms with Crippen LogP contribution in [0.5, 0.6) is 11.5 Å². The zero-order valence-electron chi connectivity index (χ0n) is 19.1. The lowest BCUT2D eigenvalue weighted by atomic mass is 9.89. The van der Waals surface area contributed by atoms with Crippen molar-refractivity contribution in [2.75, 3.05) is 20.3 Å². The molecule has 1 saturated heterocycles. The Morgan fingerprint density at radius 2 is 1.94 bits per heavy atom. The molecule has 33 heavy (non-hydrogen) atoms. The van der Waals surface area contributed by atoms with Crippen molar-refractivity contribution < 1.29 is 43.9 Å². The van der Waals surface area contributed by atoms with Gasteiger partial charge < -0.3 is 43.9 Å². The second kappa shape index (κ2) is 9.65. The number of aliphatic hydroxyl groups is 3. The summed E-state index contributed by atoms with van der Waals surface area (Å²) in [4.78, 5) is 17.4. The van der Waals surface area contributed by atoms with E-state index in [0.717, 1.165) is 0 Å². The molecule has 2 aromatic rings. The fourth-order valence-corrected chi connectivity index (χ4v) is 3.87. The van der Waals surface area contributed by atoms with Gasteiger partial charge in [0, 0.05) is 12.7 Å². The summed E-state index contributed by atoms with van der Waals surface area (Å²) < 4.78 is 22.3. The first-order valence-electron chi connectivity index (χ1n) is 10.3. The minimum absolute atomic E-state index is 0.0669.